The number of amides is 2. The van der Waals surface area contributed by atoms with Crippen LogP contribution in [0.2, 0.25) is 5.02 Å². The maximum absolute atomic E-state index is 12.2. The van der Waals surface area contributed by atoms with E-state index in [9.17, 15) is 4.79 Å². The lowest BCUT2D eigenvalue weighted by atomic mass is 10.2. The lowest BCUT2D eigenvalue weighted by Crippen LogP contribution is -2.33. The van der Waals surface area contributed by atoms with E-state index in [0.29, 0.717) is 29.7 Å². The first-order chi connectivity index (χ1) is 12.5. The van der Waals surface area contributed by atoms with Gasteiger partial charge >= 0.3 is 6.03 Å². The van der Waals surface area contributed by atoms with Crippen LogP contribution in [0, 0.1) is 6.92 Å². The summed E-state index contributed by atoms with van der Waals surface area (Å²) in [4.78, 5) is 18.2. The van der Waals surface area contributed by atoms with Gasteiger partial charge in [0.05, 0.1) is 0 Å². The third-order valence-corrected chi connectivity index (χ3v) is 4.10. The second kappa shape index (κ2) is 8.01. The lowest BCUT2D eigenvalue weighted by Gasteiger charge is -2.17. The van der Waals surface area contributed by atoms with Crippen LogP contribution in [0.1, 0.15) is 11.4 Å². The molecule has 134 valence electrons. The van der Waals surface area contributed by atoms with Gasteiger partial charge in [0.1, 0.15) is 0 Å². The molecule has 0 saturated heterocycles. The second-order valence-electron chi connectivity index (χ2n) is 5.99. The van der Waals surface area contributed by atoms with E-state index in [2.05, 4.69) is 15.5 Å². The monoisotopic (exact) mass is 370 g/mol. The Morgan fingerprint density at radius 3 is 2.73 bits per heavy atom. The molecule has 3 aromatic rings. The van der Waals surface area contributed by atoms with Crippen molar-refractivity contribution in [1.82, 2.24) is 15.0 Å². The normalized spacial score (nSPS) is 10.6. The number of urea groups is 1. The SMILES string of the molecule is Cc1cccc(NC(=O)N(C)CCc2noc(-c3ccc(Cl)cc3)n2)c1. The average molecular weight is 371 g/mol. The van der Waals surface area contributed by atoms with E-state index in [-0.39, 0.29) is 6.03 Å². The molecule has 2 amide bonds. The molecular formula is C19H19ClN4O2. The highest BCUT2D eigenvalue weighted by Gasteiger charge is 2.13. The van der Waals surface area contributed by atoms with E-state index >= 15 is 0 Å². The maximum Gasteiger partial charge on any atom is 0.321 e. The third-order valence-electron chi connectivity index (χ3n) is 3.85. The van der Waals surface area contributed by atoms with Gasteiger partial charge in [0, 0.05) is 36.3 Å². The van der Waals surface area contributed by atoms with Gasteiger partial charge in [0.2, 0.25) is 0 Å². The van der Waals surface area contributed by atoms with Crippen LogP contribution in [0.5, 0.6) is 0 Å². The molecule has 0 atom stereocenters. The Labute approximate surface area is 156 Å². The molecule has 0 spiro atoms. The van der Waals surface area contributed by atoms with Gasteiger partial charge in [-0.3, -0.25) is 0 Å². The third kappa shape index (κ3) is 4.61. The molecule has 1 heterocycles. The number of carbonyl (C=O) groups excluding carboxylic acids is 1. The summed E-state index contributed by atoms with van der Waals surface area (Å²) in [6.45, 7) is 2.45. The highest BCUT2D eigenvalue weighted by Crippen LogP contribution is 2.19. The first-order valence-corrected chi connectivity index (χ1v) is 8.56. The van der Waals surface area contributed by atoms with Crippen LogP contribution in [0.4, 0.5) is 10.5 Å². The Morgan fingerprint density at radius 2 is 2.00 bits per heavy atom. The van der Waals surface area contributed by atoms with Crippen molar-refractivity contribution in [3.8, 4) is 11.5 Å². The van der Waals surface area contributed by atoms with E-state index in [1.807, 2.05) is 43.3 Å². The van der Waals surface area contributed by atoms with E-state index < -0.39 is 0 Å². The zero-order valence-corrected chi connectivity index (χ0v) is 15.3. The minimum Gasteiger partial charge on any atom is -0.334 e. The number of halogens is 1. The van der Waals surface area contributed by atoms with Crippen molar-refractivity contribution in [3.05, 3.63) is 64.9 Å². The number of hydrogen-bond donors (Lipinski definition) is 1. The number of benzene rings is 2. The fourth-order valence-electron chi connectivity index (χ4n) is 2.38. The van der Waals surface area contributed by atoms with Gasteiger partial charge in [0.15, 0.2) is 5.82 Å². The van der Waals surface area contributed by atoms with Crippen molar-refractivity contribution >= 4 is 23.3 Å². The van der Waals surface area contributed by atoms with Crippen LogP contribution in [0.25, 0.3) is 11.5 Å². The van der Waals surface area contributed by atoms with Crippen molar-refractivity contribution in [1.29, 1.82) is 0 Å². The van der Waals surface area contributed by atoms with E-state index in [1.165, 1.54) is 0 Å². The highest BCUT2D eigenvalue weighted by molar-refractivity contribution is 6.30. The van der Waals surface area contributed by atoms with Crippen molar-refractivity contribution in [3.63, 3.8) is 0 Å². The van der Waals surface area contributed by atoms with Gasteiger partial charge in [0.25, 0.3) is 5.89 Å². The summed E-state index contributed by atoms with van der Waals surface area (Å²) < 4.78 is 5.27. The molecule has 0 aliphatic carbocycles. The highest BCUT2D eigenvalue weighted by atomic mass is 35.5. The van der Waals surface area contributed by atoms with Crippen molar-refractivity contribution in [2.75, 3.05) is 18.9 Å². The van der Waals surface area contributed by atoms with E-state index in [4.69, 9.17) is 16.1 Å². The molecule has 0 fully saturated rings. The summed E-state index contributed by atoms with van der Waals surface area (Å²) in [5, 5.41) is 7.48. The molecule has 26 heavy (non-hydrogen) atoms. The molecule has 0 radical (unpaired) electrons. The molecule has 1 aromatic heterocycles. The Balaban J connectivity index is 1.55. The summed E-state index contributed by atoms with van der Waals surface area (Å²) in [5.74, 6) is 0.980. The average Bonchev–Trinajstić information content (AvgIpc) is 3.09. The molecule has 7 heteroatoms. The van der Waals surface area contributed by atoms with Crippen molar-refractivity contribution in [2.45, 2.75) is 13.3 Å². The van der Waals surface area contributed by atoms with Gasteiger partial charge in [-0.2, -0.15) is 4.98 Å². The van der Waals surface area contributed by atoms with Gasteiger partial charge in [-0.1, -0.05) is 28.9 Å². The van der Waals surface area contributed by atoms with Crippen LogP contribution in [-0.4, -0.2) is 34.7 Å². The van der Waals surface area contributed by atoms with Gasteiger partial charge < -0.3 is 14.7 Å². The van der Waals surface area contributed by atoms with Crippen LogP contribution < -0.4 is 5.32 Å². The minimum atomic E-state index is -0.183. The van der Waals surface area contributed by atoms with Crippen LogP contribution >= 0.6 is 11.6 Å². The zero-order chi connectivity index (χ0) is 18.5. The first kappa shape index (κ1) is 17.9. The predicted octanol–water partition coefficient (Wildman–Crippen LogP) is 4.40. The second-order valence-corrected chi connectivity index (χ2v) is 6.43. The van der Waals surface area contributed by atoms with Crippen molar-refractivity contribution < 1.29 is 9.32 Å². The minimum absolute atomic E-state index is 0.183. The lowest BCUT2D eigenvalue weighted by molar-refractivity contribution is 0.222. The van der Waals surface area contributed by atoms with E-state index in [0.717, 1.165) is 16.8 Å². The van der Waals surface area contributed by atoms with Crippen molar-refractivity contribution in [2.24, 2.45) is 0 Å². The Hall–Kier alpha value is -2.86. The summed E-state index contributed by atoms with van der Waals surface area (Å²) in [6, 6.07) is 14.7. The fourth-order valence-corrected chi connectivity index (χ4v) is 2.50. The van der Waals surface area contributed by atoms with Crippen LogP contribution in [-0.2, 0) is 6.42 Å². The molecule has 2 aromatic carbocycles. The number of hydrogen-bond acceptors (Lipinski definition) is 4. The Kier molecular flexibility index (Phi) is 5.53. The molecule has 0 aliphatic rings. The number of aromatic nitrogens is 2. The molecule has 0 bridgehead atoms. The largest absolute Gasteiger partial charge is 0.334 e. The molecule has 1 N–H and O–H groups in total. The Morgan fingerprint density at radius 1 is 1.23 bits per heavy atom. The van der Waals surface area contributed by atoms with Crippen LogP contribution in [0.3, 0.4) is 0 Å². The summed E-state index contributed by atoms with van der Waals surface area (Å²) in [5.41, 5.74) is 2.66. The number of aryl methyl sites for hydroxylation is 1. The van der Waals surface area contributed by atoms with Gasteiger partial charge in [-0.05, 0) is 48.9 Å². The first-order valence-electron chi connectivity index (χ1n) is 8.18. The molecule has 0 saturated carbocycles. The topological polar surface area (TPSA) is 71.3 Å². The summed E-state index contributed by atoms with van der Waals surface area (Å²) in [6.07, 6.45) is 0.495. The molecule has 6 nitrogen and oxygen atoms in total. The summed E-state index contributed by atoms with van der Waals surface area (Å²) in [7, 11) is 1.73. The predicted molar refractivity (Wildman–Crippen MR) is 101 cm³/mol. The number of carbonyl (C=O) groups is 1. The van der Waals surface area contributed by atoms with Gasteiger partial charge in [-0.25, -0.2) is 4.79 Å². The van der Waals surface area contributed by atoms with Gasteiger partial charge in [-0.15, -0.1) is 0 Å². The number of nitrogens with one attached hydrogen (secondary N) is 1. The van der Waals surface area contributed by atoms with E-state index in [1.54, 1.807) is 24.1 Å². The fraction of sp³-hybridized carbons (Fsp3) is 0.211. The molecule has 0 unspecified atom stereocenters. The quantitative estimate of drug-likeness (QED) is 0.722. The number of likely N-dealkylation sites (N-methyl/N-ethyl adjacent to an activating group) is 1. The smallest absolute Gasteiger partial charge is 0.321 e. The number of rotatable bonds is 5. The number of nitrogens with zero attached hydrogens (tertiary/aromatic N) is 3. The number of anilines is 1. The van der Waals surface area contributed by atoms with Crippen LogP contribution in [0.15, 0.2) is 53.1 Å². The standard InChI is InChI=1S/C19H19ClN4O2/c1-13-4-3-5-16(12-13)21-19(25)24(2)11-10-17-22-18(26-23-17)14-6-8-15(20)9-7-14/h3-9,12H,10-11H2,1-2H3,(H,21,25). The zero-order valence-electron chi connectivity index (χ0n) is 14.6. The maximum atomic E-state index is 12.2. The summed E-state index contributed by atoms with van der Waals surface area (Å²) >= 11 is 5.88. The molecular weight excluding hydrogens is 352 g/mol. The molecule has 3 rings (SSSR count). The Bertz CT molecular complexity index is 893. The molecule has 0 aliphatic heterocycles.